The third-order valence-electron chi connectivity index (χ3n) is 3.35. The minimum atomic E-state index is -1.02. The second-order valence-electron chi connectivity index (χ2n) is 4.79. The molecule has 1 aliphatic heterocycles. The number of hydrogen-bond donors (Lipinski definition) is 1. The number of likely N-dealkylation sites (tertiary alicyclic amines) is 1. The van der Waals surface area contributed by atoms with Crippen molar-refractivity contribution >= 4 is 23.5 Å². The first-order valence-electron chi connectivity index (χ1n) is 6.55. The number of nitrogens with zero attached hydrogens (tertiary/aromatic N) is 1. The fourth-order valence-electron chi connectivity index (χ4n) is 2.27. The lowest BCUT2D eigenvalue weighted by atomic mass is 10.1. The minimum absolute atomic E-state index is 0.0873. The van der Waals surface area contributed by atoms with Crippen LogP contribution in [0.25, 0.3) is 0 Å². The lowest BCUT2D eigenvalue weighted by Gasteiger charge is -2.32. The van der Waals surface area contributed by atoms with Crippen LogP contribution in [0.15, 0.2) is 18.2 Å². The van der Waals surface area contributed by atoms with Gasteiger partial charge in [-0.1, -0.05) is 17.7 Å². The maximum atomic E-state index is 13.7. The normalized spacial score (nSPS) is 16.0. The van der Waals surface area contributed by atoms with E-state index in [9.17, 15) is 14.0 Å². The quantitative estimate of drug-likeness (QED) is 0.925. The van der Waals surface area contributed by atoms with Crippen molar-refractivity contribution in [2.24, 2.45) is 0 Å². The number of benzene rings is 1. The summed E-state index contributed by atoms with van der Waals surface area (Å²) in [4.78, 5) is 24.2. The van der Waals surface area contributed by atoms with Gasteiger partial charge in [0.2, 0.25) is 0 Å². The Hall–Kier alpha value is -1.66. The van der Waals surface area contributed by atoms with Crippen LogP contribution in [0.2, 0.25) is 5.02 Å². The smallest absolute Gasteiger partial charge is 0.329 e. The summed E-state index contributed by atoms with van der Waals surface area (Å²) >= 11 is 5.88. The number of halogens is 2. The molecule has 1 aliphatic rings. The van der Waals surface area contributed by atoms with Crippen molar-refractivity contribution in [3.8, 4) is 0 Å². The fraction of sp³-hybridized carbons (Fsp3) is 0.429. The summed E-state index contributed by atoms with van der Waals surface area (Å²) in [6.07, 6.45) is 0.845. The summed E-state index contributed by atoms with van der Waals surface area (Å²) in [7, 11) is 0. The van der Waals surface area contributed by atoms with E-state index in [-0.39, 0.29) is 23.3 Å². The van der Waals surface area contributed by atoms with Crippen LogP contribution in [0.3, 0.4) is 0 Å². The predicted molar refractivity (Wildman–Crippen MR) is 73.9 cm³/mol. The van der Waals surface area contributed by atoms with Crippen LogP contribution >= 0.6 is 11.6 Å². The molecule has 1 saturated heterocycles. The zero-order chi connectivity index (χ0) is 15.4. The zero-order valence-electron chi connectivity index (χ0n) is 11.2. The van der Waals surface area contributed by atoms with Crippen LogP contribution in [0, 0.1) is 5.82 Å². The average Bonchev–Trinajstić information content (AvgIpc) is 2.45. The Morgan fingerprint density at radius 2 is 2.05 bits per heavy atom. The molecule has 114 valence electrons. The number of carbonyl (C=O) groups is 2. The number of aliphatic carboxylic acids is 1. The molecule has 1 N–H and O–H groups in total. The SMILES string of the molecule is O=C(O)COC1CCN(C(=O)c2c(F)cccc2Cl)CC1. The lowest BCUT2D eigenvalue weighted by molar-refractivity contribution is -0.145. The standard InChI is InChI=1S/C14H15ClFNO4/c15-10-2-1-3-11(16)13(10)14(20)17-6-4-9(5-7-17)21-8-12(18)19/h1-3,9H,4-8H2,(H,18,19). The highest BCUT2D eigenvalue weighted by Gasteiger charge is 2.27. The summed E-state index contributed by atoms with van der Waals surface area (Å²) in [5.41, 5.74) is -0.121. The molecule has 1 aromatic rings. The van der Waals surface area contributed by atoms with Crippen molar-refractivity contribution in [2.75, 3.05) is 19.7 Å². The number of carbonyl (C=O) groups excluding carboxylic acids is 1. The van der Waals surface area contributed by atoms with Gasteiger partial charge in [-0.2, -0.15) is 0 Å². The van der Waals surface area contributed by atoms with E-state index < -0.39 is 17.7 Å². The molecule has 0 unspecified atom stereocenters. The van der Waals surface area contributed by atoms with Crippen molar-refractivity contribution in [1.82, 2.24) is 4.90 Å². The molecule has 0 aliphatic carbocycles. The highest BCUT2D eigenvalue weighted by Crippen LogP contribution is 2.23. The van der Waals surface area contributed by atoms with Gasteiger partial charge in [0.15, 0.2) is 0 Å². The van der Waals surface area contributed by atoms with Gasteiger partial charge in [-0.15, -0.1) is 0 Å². The Bertz CT molecular complexity index is 524. The van der Waals surface area contributed by atoms with Crippen LogP contribution in [-0.4, -0.2) is 47.7 Å². The van der Waals surface area contributed by atoms with Crippen molar-refractivity contribution < 1.29 is 23.8 Å². The van der Waals surface area contributed by atoms with Gasteiger partial charge in [-0.3, -0.25) is 4.79 Å². The Balaban J connectivity index is 1.96. The Kier molecular flexibility index (Phi) is 5.14. The molecule has 1 aromatic carbocycles. The van der Waals surface area contributed by atoms with Gasteiger partial charge in [0.05, 0.1) is 16.7 Å². The maximum Gasteiger partial charge on any atom is 0.329 e. The van der Waals surface area contributed by atoms with Crippen LogP contribution in [0.5, 0.6) is 0 Å². The van der Waals surface area contributed by atoms with Crippen molar-refractivity contribution in [3.05, 3.63) is 34.6 Å². The van der Waals surface area contributed by atoms with Gasteiger partial charge in [0.1, 0.15) is 12.4 Å². The van der Waals surface area contributed by atoms with Crippen LogP contribution in [0.4, 0.5) is 4.39 Å². The molecule has 1 heterocycles. The second-order valence-corrected chi connectivity index (χ2v) is 5.20. The lowest BCUT2D eigenvalue weighted by Crippen LogP contribution is -2.41. The van der Waals surface area contributed by atoms with Crippen LogP contribution in [0.1, 0.15) is 23.2 Å². The van der Waals surface area contributed by atoms with Gasteiger partial charge in [-0.25, -0.2) is 9.18 Å². The van der Waals surface area contributed by atoms with E-state index in [1.165, 1.54) is 23.1 Å². The first kappa shape index (κ1) is 15.7. The average molecular weight is 316 g/mol. The number of carboxylic acids is 1. The molecule has 1 amide bonds. The monoisotopic (exact) mass is 315 g/mol. The molecule has 0 spiro atoms. The Morgan fingerprint density at radius 1 is 1.38 bits per heavy atom. The molecule has 7 heteroatoms. The number of rotatable bonds is 4. The highest BCUT2D eigenvalue weighted by molar-refractivity contribution is 6.33. The van der Waals surface area contributed by atoms with Gasteiger partial charge < -0.3 is 14.7 Å². The van der Waals surface area contributed by atoms with Gasteiger partial charge in [0, 0.05) is 13.1 Å². The van der Waals surface area contributed by atoms with Gasteiger partial charge >= 0.3 is 5.97 Å². The summed E-state index contributed by atoms with van der Waals surface area (Å²) < 4.78 is 18.9. The zero-order valence-corrected chi connectivity index (χ0v) is 12.0. The third kappa shape index (κ3) is 3.92. The third-order valence-corrected chi connectivity index (χ3v) is 3.66. The number of ether oxygens (including phenoxy) is 1. The molecule has 0 radical (unpaired) electrons. The summed E-state index contributed by atoms with van der Waals surface area (Å²) in [5, 5.41) is 8.64. The second kappa shape index (κ2) is 6.87. The maximum absolute atomic E-state index is 13.7. The van der Waals surface area contributed by atoms with E-state index >= 15 is 0 Å². The Labute approximate surface area is 126 Å². The number of hydrogen-bond acceptors (Lipinski definition) is 3. The number of amides is 1. The summed E-state index contributed by atoms with van der Waals surface area (Å²) in [6, 6.07) is 4.11. The molecule has 0 atom stereocenters. The molecule has 0 aromatic heterocycles. The van der Waals surface area contributed by atoms with Crippen molar-refractivity contribution in [1.29, 1.82) is 0 Å². The Morgan fingerprint density at radius 3 is 2.62 bits per heavy atom. The predicted octanol–water partition coefficient (Wildman–Crippen LogP) is 2.18. The number of piperidine rings is 1. The fourth-order valence-corrected chi connectivity index (χ4v) is 2.52. The topological polar surface area (TPSA) is 66.8 Å². The largest absolute Gasteiger partial charge is 0.480 e. The molecule has 2 rings (SSSR count). The van der Waals surface area contributed by atoms with E-state index in [4.69, 9.17) is 21.4 Å². The van der Waals surface area contributed by atoms with Crippen molar-refractivity contribution in [2.45, 2.75) is 18.9 Å². The molecule has 5 nitrogen and oxygen atoms in total. The van der Waals surface area contributed by atoms with Gasteiger partial charge in [-0.05, 0) is 25.0 Å². The van der Waals surface area contributed by atoms with Crippen LogP contribution in [-0.2, 0) is 9.53 Å². The molecule has 1 fully saturated rings. The van der Waals surface area contributed by atoms with E-state index in [0.29, 0.717) is 25.9 Å². The van der Waals surface area contributed by atoms with E-state index in [0.717, 1.165) is 0 Å². The van der Waals surface area contributed by atoms with Crippen molar-refractivity contribution in [3.63, 3.8) is 0 Å². The highest BCUT2D eigenvalue weighted by atomic mass is 35.5. The van der Waals surface area contributed by atoms with Gasteiger partial charge in [0.25, 0.3) is 5.91 Å². The first-order valence-corrected chi connectivity index (χ1v) is 6.93. The number of carboxylic acid groups (broad SMARTS) is 1. The molecule has 0 bridgehead atoms. The molecule has 0 saturated carbocycles. The molecule has 21 heavy (non-hydrogen) atoms. The van der Waals surface area contributed by atoms with E-state index in [2.05, 4.69) is 0 Å². The molecular weight excluding hydrogens is 301 g/mol. The van der Waals surface area contributed by atoms with E-state index in [1.807, 2.05) is 0 Å². The molecular formula is C14H15ClFNO4. The van der Waals surface area contributed by atoms with Crippen LogP contribution < -0.4 is 0 Å². The van der Waals surface area contributed by atoms with E-state index in [1.54, 1.807) is 0 Å². The first-order chi connectivity index (χ1) is 9.99. The summed E-state index contributed by atoms with van der Waals surface area (Å²) in [5.74, 6) is -2.11. The summed E-state index contributed by atoms with van der Waals surface area (Å²) in [6.45, 7) is 0.416. The minimum Gasteiger partial charge on any atom is -0.480 e.